The molecule has 1 aliphatic heterocycles. The lowest BCUT2D eigenvalue weighted by molar-refractivity contribution is -0.131. The SMILES string of the molecule is COc1cc(CN2C(=O)NC(C)(c3cccc4ccccc34)C2=O)ccc1SC(F)F. The number of halogens is 2. The lowest BCUT2D eigenvalue weighted by atomic mass is 9.88. The number of imide groups is 1. The molecule has 3 amide bonds. The predicted octanol–water partition coefficient (Wildman–Crippen LogP) is 5.13. The minimum atomic E-state index is -2.58. The molecule has 31 heavy (non-hydrogen) atoms. The van der Waals surface area contributed by atoms with Gasteiger partial charge in [-0.2, -0.15) is 8.78 Å². The topological polar surface area (TPSA) is 58.6 Å². The van der Waals surface area contributed by atoms with Gasteiger partial charge in [0.05, 0.1) is 18.6 Å². The van der Waals surface area contributed by atoms with Crippen molar-refractivity contribution in [2.24, 2.45) is 0 Å². The molecule has 0 saturated carbocycles. The van der Waals surface area contributed by atoms with Crippen LogP contribution in [0.5, 0.6) is 5.75 Å². The Bertz CT molecular complexity index is 1170. The average molecular weight is 442 g/mol. The Labute approximate surface area is 182 Å². The molecule has 1 N–H and O–H groups in total. The highest BCUT2D eigenvalue weighted by Gasteiger charge is 2.49. The number of amides is 3. The van der Waals surface area contributed by atoms with E-state index < -0.39 is 17.3 Å². The van der Waals surface area contributed by atoms with Crippen LogP contribution in [0.15, 0.2) is 65.6 Å². The van der Waals surface area contributed by atoms with Crippen LogP contribution in [0, 0.1) is 0 Å². The lowest BCUT2D eigenvalue weighted by Crippen LogP contribution is -2.41. The molecule has 0 aromatic heterocycles. The van der Waals surface area contributed by atoms with E-state index in [1.807, 2.05) is 42.5 Å². The zero-order chi connectivity index (χ0) is 22.2. The third-order valence-corrected chi connectivity index (χ3v) is 6.16. The number of thioether (sulfide) groups is 1. The summed E-state index contributed by atoms with van der Waals surface area (Å²) < 4.78 is 30.7. The fourth-order valence-corrected chi connectivity index (χ4v) is 4.47. The van der Waals surface area contributed by atoms with Crippen LogP contribution in [0.25, 0.3) is 10.8 Å². The van der Waals surface area contributed by atoms with Crippen molar-refractivity contribution in [3.8, 4) is 5.75 Å². The largest absolute Gasteiger partial charge is 0.496 e. The fourth-order valence-electron chi connectivity index (χ4n) is 3.87. The Kier molecular flexibility index (Phi) is 5.58. The summed E-state index contributed by atoms with van der Waals surface area (Å²) in [6, 6.07) is 17.5. The number of rotatable bonds is 6. The molecule has 0 spiro atoms. The van der Waals surface area contributed by atoms with Crippen molar-refractivity contribution in [1.82, 2.24) is 10.2 Å². The van der Waals surface area contributed by atoms with E-state index in [0.29, 0.717) is 27.8 Å². The van der Waals surface area contributed by atoms with Crippen molar-refractivity contribution in [2.75, 3.05) is 7.11 Å². The molecule has 1 unspecified atom stereocenters. The van der Waals surface area contributed by atoms with Crippen LogP contribution >= 0.6 is 11.8 Å². The van der Waals surface area contributed by atoms with E-state index in [0.717, 1.165) is 15.7 Å². The summed E-state index contributed by atoms with van der Waals surface area (Å²) in [6.07, 6.45) is 0. The van der Waals surface area contributed by atoms with Crippen LogP contribution in [0.1, 0.15) is 18.1 Å². The van der Waals surface area contributed by atoms with E-state index in [-0.39, 0.29) is 18.2 Å². The van der Waals surface area contributed by atoms with Crippen LogP contribution < -0.4 is 10.1 Å². The smallest absolute Gasteiger partial charge is 0.325 e. The number of hydrogen-bond donors (Lipinski definition) is 1. The second-order valence-electron chi connectivity index (χ2n) is 7.34. The minimum absolute atomic E-state index is 0.00100. The van der Waals surface area contributed by atoms with Crippen LogP contribution in [-0.2, 0) is 16.9 Å². The van der Waals surface area contributed by atoms with E-state index in [1.165, 1.54) is 13.2 Å². The molecule has 0 aliphatic carbocycles. The third kappa shape index (κ3) is 3.83. The number of ether oxygens (including phenoxy) is 1. The number of methoxy groups -OCH3 is 1. The van der Waals surface area contributed by atoms with Crippen molar-refractivity contribution in [3.05, 3.63) is 71.8 Å². The normalized spacial score (nSPS) is 18.7. The van der Waals surface area contributed by atoms with Gasteiger partial charge >= 0.3 is 6.03 Å². The van der Waals surface area contributed by atoms with Crippen LogP contribution in [0.2, 0.25) is 0 Å². The molecular formula is C23H20F2N2O3S. The molecule has 4 rings (SSSR count). The number of carbonyl (C=O) groups is 2. The van der Waals surface area contributed by atoms with Crippen molar-refractivity contribution < 1.29 is 23.1 Å². The highest BCUT2D eigenvalue weighted by atomic mass is 32.2. The monoisotopic (exact) mass is 442 g/mol. The summed E-state index contributed by atoms with van der Waals surface area (Å²) >= 11 is 0.382. The first-order valence-electron chi connectivity index (χ1n) is 9.57. The molecule has 1 fully saturated rings. The summed E-state index contributed by atoms with van der Waals surface area (Å²) in [6.45, 7) is 1.69. The van der Waals surface area contributed by atoms with Crippen molar-refractivity contribution >= 4 is 34.5 Å². The van der Waals surface area contributed by atoms with E-state index in [2.05, 4.69) is 5.32 Å². The Morgan fingerprint density at radius 3 is 2.58 bits per heavy atom. The molecule has 3 aromatic carbocycles. The molecule has 0 radical (unpaired) electrons. The van der Waals surface area contributed by atoms with Gasteiger partial charge in [0.1, 0.15) is 11.3 Å². The quantitative estimate of drug-likeness (QED) is 0.425. The number of nitrogens with zero attached hydrogens (tertiary/aromatic N) is 1. The number of alkyl halides is 2. The molecule has 1 aliphatic rings. The van der Waals surface area contributed by atoms with Crippen LogP contribution in [0.3, 0.4) is 0 Å². The maximum atomic E-state index is 13.4. The van der Waals surface area contributed by atoms with Gasteiger partial charge in [0.25, 0.3) is 11.7 Å². The summed E-state index contributed by atoms with van der Waals surface area (Å²) in [5, 5.41) is 4.69. The molecule has 5 nitrogen and oxygen atoms in total. The number of carbonyl (C=O) groups excluding carboxylic acids is 2. The Balaban J connectivity index is 1.64. The highest BCUT2D eigenvalue weighted by Crippen LogP contribution is 2.36. The zero-order valence-corrected chi connectivity index (χ0v) is 17.7. The lowest BCUT2D eigenvalue weighted by Gasteiger charge is -2.24. The van der Waals surface area contributed by atoms with Gasteiger partial charge in [-0.3, -0.25) is 9.69 Å². The first-order valence-corrected chi connectivity index (χ1v) is 10.5. The first-order chi connectivity index (χ1) is 14.8. The molecule has 1 saturated heterocycles. The van der Waals surface area contributed by atoms with E-state index in [9.17, 15) is 18.4 Å². The summed E-state index contributed by atoms with van der Waals surface area (Å²) in [5.74, 6) is -2.68. The van der Waals surface area contributed by atoms with Gasteiger partial charge in [-0.25, -0.2) is 4.79 Å². The Morgan fingerprint density at radius 1 is 1.10 bits per heavy atom. The Morgan fingerprint density at radius 2 is 1.84 bits per heavy atom. The number of benzene rings is 3. The van der Waals surface area contributed by atoms with Gasteiger partial charge < -0.3 is 10.1 Å². The van der Waals surface area contributed by atoms with Gasteiger partial charge in [-0.1, -0.05) is 60.3 Å². The van der Waals surface area contributed by atoms with E-state index in [1.54, 1.807) is 19.1 Å². The molecular weight excluding hydrogens is 422 g/mol. The van der Waals surface area contributed by atoms with Crippen molar-refractivity contribution in [1.29, 1.82) is 0 Å². The molecule has 0 bridgehead atoms. The number of urea groups is 1. The van der Waals surface area contributed by atoms with Crippen LogP contribution in [0.4, 0.5) is 13.6 Å². The summed E-state index contributed by atoms with van der Waals surface area (Å²) in [7, 11) is 1.39. The van der Waals surface area contributed by atoms with Gasteiger partial charge in [-0.05, 0) is 41.0 Å². The number of fused-ring (bicyclic) bond motifs is 1. The van der Waals surface area contributed by atoms with Crippen LogP contribution in [-0.4, -0.2) is 29.7 Å². The number of hydrogen-bond acceptors (Lipinski definition) is 4. The van der Waals surface area contributed by atoms with Gasteiger partial charge in [0.2, 0.25) is 0 Å². The fraction of sp³-hybridized carbons (Fsp3) is 0.217. The van der Waals surface area contributed by atoms with Gasteiger partial charge in [-0.15, -0.1) is 0 Å². The molecule has 3 aromatic rings. The molecule has 160 valence electrons. The first kappa shape index (κ1) is 21.1. The second-order valence-corrected chi connectivity index (χ2v) is 8.37. The predicted molar refractivity (Wildman–Crippen MR) is 115 cm³/mol. The molecule has 1 heterocycles. The minimum Gasteiger partial charge on any atom is -0.496 e. The van der Waals surface area contributed by atoms with Gasteiger partial charge in [0.15, 0.2) is 0 Å². The van der Waals surface area contributed by atoms with Crippen molar-refractivity contribution in [2.45, 2.75) is 29.7 Å². The van der Waals surface area contributed by atoms with Gasteiger partial charge in [0, 0.05) is 0 Å². The highest BCUT2D eigenvalue weighted by molar-refractivity contribution is 7.99. The summed E-state index contributed by atoms with van der Waals surface area (Å²) in [4.78, 5) is 27.5. The molecule has 1 atom stereocenters. The Hall–Kier alpha value is -3.13. The molecule has 8 heteroatoms. The maximum Gasteiger partial charge on any atom is 0.325 e. The standard InChI is InChI=1S/C23H20F2N2O3S/c1-23(17-9-5-7-15-6-3-4-8-16(15)17)20(28)27(22(29)26-23)13-14-10-11-19(31-21(24)25)18(12-14)30-2/h3-12,21H,13H2,1-2H3,(H,26,29). The zero-order valence-electron chi connectivity index (χ0n) is 16.9. The maximum absolute atomic E-state index is 13.4. The average Bonchev–Trinajstić information content (AvgIpc) is 2.97. The van der Waals surface area contributed by atoms with Crippen molar-refractivity contribution in [3.63, 3.8) is 0 Å². The summed E-state index contributed by atoms with van der Waals surface area (Å²) in [5.41, 5.74) is 0.0990. The third-order valence-electron chi connectivity index (χ3n) is 5.39. The van der Waals surface area contributed by atoms with E-state index >= 15 is 0 Å². The number of nitrogens with one attached hydrogen (secondary N) is 1. The second kappa shape index (κ2) is 8.19. The van der Waals surface area contributed by atoms with E-state index in [4.69, 9.17) is 4.74 Å².